The first-order valence-electron chi connectivity index (χ1n) is 23.7. The van der Waals surface area contributed by atoms with Crippen molar-refractivity contribution >= 4 is 79.8 Å². The van der Waals surface area contributed by atoms with Crippen LogP contribution in [0.2, 0.25) is 36.3 Å². The molecule has 412 valence electrons. The second-order valence-electron chi connectivity index (χ2n) is 20.7. The number of thiocarbonyl (C=S) groups is 1. The van der Waals surface area contributed by atoms with Gasteiger partial charge in [-0.1, -0.05) is 110 Å². The number of imidazole rings is 2. The van der Waals surface area contributed by atoms with Crippen LogP contribution < -0.4 is 16.4 Å². The number of benzene rings is 2. The van der Waals surface area contributed by atoms with Crippen LogP contribution in [0, 0.1) is 0 Å². The van der Waals surface area contributed by atoms with Crippen LogP contribution in [0.4, 0.5) is 11.6 Å². The van der Waals surface area contributed by atoms with E-state index in [9.17, 15) is 9.59 Å². The number of fused-ring (bicyclic) bond motifs is 2. The monoisotopic (exact) mass is 1110 g/mol. The largest absolute Gasteiger partial charge is 0.408 e. The van der Waals surface area contributed by atoms with Gasteiger partial charge in [-0.2, -0.15) is 0 Å². The molecule has 2 unspecified atom stereocenters. The molecule has 2 fully saturated rings. The number of aliphatic imine (C=N–C) groups is 1. The van der Waals surface area contributed by atoms with Crippen LogP contribution in [0.3, 0.4) is 0 Å². The first-order chi connectivity index (χ1) is 35.1. The van der Waals surface area contributed by atoms with Crippen LogP contribution in [0.15, 0.2) is 101 Å². The predicted molar refractivity (Wildman–Crippen MR) is 306 cm³/mol. The fourth-order valence-corrected chi connectivity index (χ4v) is 10.5. The highest BCUT2D eigenvalue weighted by Crippen LogP contribution is 2.44. The number of nitrogens with one attached hydrogen (secondary N) is 2. The molecule has 77 heavy (non-hydrogen) atoms. The van der Waals surface area contributed by atoms with Gasteiger partial charge in [0.25, 0.3) is 11.8 Å². The molecule has 24 nitrogen and oxygen atoms in total. The van der Waals surface area contributed by atoms with E-state index in [4.69, 9.17) is 47.3 Å². The summed E-state index contributed by atoms with van der Waals surface area (Å²) in [5.74, 6) is -0.0805. The van der Waals surface area contributed by atoms with E-state index in [2.05, 4.69) is 138 Å². The average Bonchev–Trinajstić information content (AvgIpc) is 4.15. The molecule has 0 radical (unpaired) electrons. The fourth-order valence-electron chi connectivity index (χ4n) is 7.78. The number of rotatable bonds is 15. The third-order valence-corrected chi connectivity index (χ3v) is 22.9. The Morgan fingerprint density at radius 3 is 1.51 bits per heavy atom. The number of carbonyl (C=O) groups excluding carboxylic acids is 2. The molecule has 0 saturated carbocycles. The van der Waals surface area contributed by atoms with Crippen LogP contribution >= 0.6 is 12.2 Å². The number of aromatic nitrogens is 8. The lowest BCUT2D eigenvalue weighted by Crippen LogP contribution is -2.51. The zero-order valence-corrected chi connectivity index (χ0v) is 45.6. The van der Waals surface area contributed by atoms with Crippen molar-refractivity contribution in [2.24, 2.45) is 21.0 Å². The Hall–Kier alpha value is -6.87. The minimum atomic E-state index is -2.32. The summed E-state index contributed by atoms with van der Waals surface area (Å²) in [7, 11) is -4.57. The second-order valence-corrected chi connectivity index (χ2v) is 30.4. The van der Waals surface area contributed by atoms with E-state index < -0.39 is 65.6 Å². The van der Waals surface area contributed by atoms with Crippen molar-refractivity contribution in [3.05, 3.63) is 118 Å². The Balaban J connectivity index is 0.000000320. The van der Waals surface area contributed by atoms with Crippen molar-refractivity contribution in [3.8, 4) is 0 Å². The molecule has 2 amide bonds. The van der Waals surface area contributed by atoms with Gasteiger partial charge in [0, 0.05) is 21.0 Å². The van der Waals surface area contributed by atoms with Gasteiger partial charge in [0.05, 0.1) is 49.2 Å². The van der Waals surface area contributed by atoms with Crippen molar-refractivity contribution in [3.63, 3.8) is 0 Å². The Morgan fingerprint density at radius 1 is 0.688 bits per heavy atom. The molecule has 2 saturated heterocycles. The minimum absolute atomic E-state index is 0. The highest BCUT2D eigenvalue weighted by atomic mass is 32.1. The number of nitrogens with zero attached hydrogens (tertiary/aromatic N) is 15. The van der Waals surface area contributed by atoms with E-state index in [1.165, 1.54) is 12.7 Å². The summed E-state index contributed by atoms with van der Waals surface area (Å²) in [4.78, 5) is 61.9. The molecule has 27 heteroatoms. The van der Waals surface area contributed by atoms with E-state index in [1.54, 1.807) is 70.3 Å². The highest BCUT2D eigenvalue weighted by Gasteiger charge is 2.52. The molecule has 0 bridgehead atoms. The molecule has 0 spiro atoms. The van der Waals surface area contributed by atoms with Gasteiger partial charge in [-0.3, -0.25) is 18.7 Å². The standard InChI is InChI=1S/C24H29N9O3SSi.C23H31N9O3Si.3CH4/c1-24(2,3)38(4,5)36-19-17(29-14-37)16(11-30-32-25)35-23(19)33-13-28-18-20(26-12-27-21(18)33)31-22(34)15-9-7-6-8-10-15;1-23(2,3)36(4,5)35-18-16(24)15(11-29-31-25)34-22(18)32-13-28-17-19(26-12-27-20(17)32)30-21(33)14-9-7-6-8-10-14;;;/h6-10,12-13,16-17,19,23H,11H2,1-5H3,(H,26,27,31,34);6-10,12-13,15-16,18,22H,11,24H2,1-5H3,(H,26,27,30,33);3*1H4/t16-,17-,19?,23-;15-,16-,18?,22-;;;/m11.../s1. The molecule has 8 atom stereocenters. The summed E-state index contributed by atoms with van der Waals surface area (Å²) in [6.07, 6.45) is 2.23. The van der Waals surface area contributed by atoms with Crippen LogP contribution in [0.5, 0.6) is 0 Å². The number of amides is 2. The molecule has 2 aliphatic rings. The van der Waals surface area contributed by atoms with Crippen molar-refractivity contribution in [1.29, 1.82) is 0 Å². The van der Waals surface area contributed by atoms with E-state index in [0.29, 0.717) is 33.5 Å². The SMILES string of the molecule is C.C.C.CC(C)(C)[Si](C)(C)OC1[C@H](n2cnc3c(NC(=O)c4ccccc4)ncnc32)O[C@H](CN=[N+]=[N-])[C@H]1N.CC(C)(C)[Si](C)(C)OC1[C@H](n2cnc3c(NC(=O)c4ccccc4)ncnc32)O[C@H](CN=[N+]=[N-])[C@H]1N=C=S. The Bertz CT molecular complexity index is 3110. The summed E-state index contributed by atoms with van der Waals surface area (Å²) >= 11 is 4.94. The Labute approximate surface area is 456 Å². The third kappa shape index (κ3) is 13.8. The van der Waals surface area contributed by atoms with Crippen LogP contribution in [-0.2, 0) is 18.3 Å². The number of azide groups is 2. The fraction of sp³-hybridized carbons (Fsp3) is 0.500. The van der Waals surface area contributed by atoms with Gasteiger partial charge >= 0.3 is 0 Å². The van der Waals surface area contributed by atoms with Crippen LogP contribution in [0.25, 0.3) is 43.2 Å². The minimum Gasteiger partial charge on any atom is -0.408 e. The number of hydrogen-bond acceptors (Lipinski definition) is 17. The molecule has 2 aromatic carbocycles. The lowest BCUT2D eigenvalue weighted by atomic mass is 10.1. The maximum absolute atomic E-state index is 12.8. The molecule has 0 aliphatic carbocycles. The maximum atomic E-state index is 12.8. The molecule has 6 aromatic rings. The molecule has 4 aromatic heterocycles. The van der Waals surface area contributed by atoms with E-state index in [0.717, 1.165) is 0 Å². The first kappa shape index (κ1) is 62.7. The smallest absolute Gasteiger partial charge is 0.256 e. The van der Waals surface area contributed by atoms with Gasteiger partial charge < -0.3 is 34.7 Å². The van der Waals surface area contributed by atoms with Crippen molar-refractivity contribution in [2.45, 2.75) is 149 Å². The Morgan fingerprint density at radius 2 is 1.09 bits per heavy atom. The summed E-state index contributed by atoms with van der Waals surface area (Å²) < 4.78 is 29.6. The lowest BCUT2D eigenvalue weighted by molar-refractivity contribution is -0.0285. The van der Waals surface area contributed by atoms with Gasteiger partial charge in [-0.05, 0) is 83.8 Å². The summed E-state index contributed by atoms with van der Waals surface area (Å²) in [5, 5.41) is 15.3. The van der Waals surface area contributed by atoms with E-state index >= 15 is 0 Å². The molecule has 2 aliphatic heterocycles. The summed E-state index contributed by atoms with van der Waals surface area (Å²) in [6, 6.07) is 16.6. The molecule has 6 heterocycles. The zero-order chi connectivity index (χ0) is 53.6. The van der Waals surface area contributed by atoms with Gasteiger partial charge in [-0.25, -0.2) is 34.9 Å². The van der Waals surface area contributed by atoms with Crippen LogP contribution in [0.1, 0.15) is 97.0 Å². The molecular weight excluding hydrogens is 1040 g/mol. The van der Waals surface area contributed by atoms with Gasteiger partial charge in [0.15, 0.2) is 63.1 Å². The van der Waals surface area contributed by atoms with Gasteiger partial charge in [-0.15, -0.1) is 0 Å². The number of hydrogen-bond donors (Lipinski definition) is 3. The third-order valence-electron chi connectivity index (χ3n) is 13.8. The average molecular weight is 1110 g/mol. The number of nitrogens with two attached hydrogens (primary N) is 1. The summed E-state index contributed by atoms with van der Waals surface area (Å²) in [6.45, 7) is 21.5. The topological polar surface area (TPSA) is 318 Å². The van der Waals surface area contributed by atoms with Crippen molar-refractivity contribution in [2.75, 3.05) is 23.7 Å². The Kier molecular flexibility index (Phi) is 21.1. The number of isothiocyanates is 1. The summed E-state index contributed by atoms with van der Waals surface area (Å²) in [5.41, 5.74) is 27.0. The van der Waals surface area contributed by atoms with Crippen molar-refractivity contribution < 1.29 is 27.9 Å². The van der Waals surface area contributed by atoms with E-state index in [1.807, 2.05) is 12.1 Å². The second kappa shape index (κ2) is 26.0. The number of carbonyl (C=O) groups is 2. The predicted octanol–water partition coefficient (Wildman–Crippen LogP) is 11.1. The molecule has 4 N–H and O–H groups in total. The van der Waals surface area contributed by atoms with Gasteiger partial charge in [0.2, 0.25) is 0 Å². The number of ether oxygens (including phenoxy) is 2. The highest BCUT2D eigenvalue weighted by molar-refractivity contribution is 7.78. The molecular formula is C50H72N18O6SSi2. The number of anilines is 2. The molecule has 8 rings (SSSR count). The first-order valence-corrected chi connectivity index (χ1v) is 29.9. The van der Waals surface area contributed by atoms with E-state index in [-0.39, 0.29) is 68.9 Å². The van der Waals surface area contributed by atoms with Crippen LogP contribution in [-0.4, -0.2) is 122 Å². The quantitative estimate of drug-likeness (QED) is 0.0215. The normalized spacial score (nSPS) is 21.1. The zero-order valence-electron chi connectivity index (χ0n) is 42.8. The maximum Gasteiger partial charge on any atom is 0.256 e. The van der Waals surface area contributed by atoms with Gasteiger partial charge in [0.1, 0.15) is 30.9 Å². The van der Waals surface area contributed by atoms with Crippen molar-refractivity contribution in [1.82, 2.24) is 39.0 Å². The lowest BCUT2D eigenvalue weighted by Gasteiger charge is -2.40.